The average Bonchev–Trinajstić information content (AvgIpc) is 1.62. The molecule has 19 heterocycles. The second kappa shape index (κ2) is 36.2. The smallest absolute Gasteiger partial charge is 0.273 e. The molecule has 0 aliphatic carbocycles. The lowest BCUT2D eigenvalue weighted by atomic mass is 9.90. The molecule has 20 rings (SSSR count). The lowest BCUT2D eigenvalue weighted by molar-refractivity contribution is 0.0696. The Kier molecular flexibility index (Phi) is 23.9. The minimum atomic E-state index is -0.445. The topological polar surface area (TPSA) is 312 Å². The molecule has 8 aliphatic heterocycles. The molecule has 8 fully saturated rings. The van der Waals surface area contributed by atoms with Crippen LogP contribution < -0.4 is 18.9 Å². The largest absolute Gasteiger partial charge is 0.477 e. The number of hydrogen-bond acceptors (Lipinski definition) is 23. The highest BCUT2D eigenvalue weighted by molar-refractivity contribution is 6.02. The summed E-state index contributed by atoms with van der Waals surface area (Å²) in [5.41, 5.74) is 6.62. The quantitative estimate of drug-likeness (QED) is 0.0684. The lowest BCUT2D eigenvalue weighted by Gasteiger charge is -2.25. The van der Waals surface area contributed by atoms with Crippen LogP contribution in [-0.4, -0.2) is 193 Å². The fraction of sp³-hybridized carbons (Fsp3) is 0.337. The standard InChI is InChI=1S/C23H21FN4O2.3C23H23N5O2/c24-16-5-7-18(22-26-10-3-11-27-22)19(13-16)23(29)28-17-6-8-20(28)15(12-17)14-30-21-4-1-2-9-25-21;3*1-15-6-8-18(22-25-11-4-12-26-22)21(27-15)23(29)28-17-7-9-19(28)16(13-17)14-30-20-5-2-3-10-24-20/h1-5,7,9-11,13,15,17,20H,6,8,12,14H2;3*2-6,8,10-12,16-17,19H,7,9,13-14H2,1H3. The molecule has 608 valence electrons. The van der Waals surface area contributed by atoms with Crippen molar-refractivity contribution in [1.29, 1.82) is 0 Å². The van der Waals surface area contributed by atoms with Crippen molar-refractivity contribution in [2.75, 3.05) is 26.4 Å². The highest BCUT2D eigenvalue weighted by Crippen LogP contribution is 2.48. The van der Waals surface area contributed by atoms with E-state index in [1.807, 2.05) is 150 Å². The normalized spacial score (nSPS) is 22.3. The Morgan fingerprint density at radius 2 is 0.567 bits per heavy atom. The van der Waals surface area contributed by atoms with Crippen molar-refractivity contribution in [2.24, 2.45) is 23.7 Å². The zero-order valence-corrected chi connectivity index (χ0v) is 66.7. The maximum atomic E-state index is 14.1. The van der Waals surface area contributed by atoms with Crippen LogP contribution in [0.5, 0.6) is 23.5 Å². The molecular formula is C92H90FN19O8. The van der Waals surface area contributed by atoms with Gasteiger partial charge in [0, 0.05) is 193 Å². The van der Waals surface area contributed by atoms with E-state index >= 15 is 0 Å². The number of hydrogen-bond donors (Lipinski definition) is 0. The van der Waals surface area contributed by atoms with Gasteiger partial charge < -0.3 is 38.5 Å². The van der Waals surface area contributed by atoms with Crippen molar-refractivity contribution >= 4 is 23.6 Å². The molecule has 0 saturated carbocycles. The molecule has 28 heteroatoms. The summed E-state index contributed by atoms with van der Waals surface area (Å²) < 4.78 is 37.6. The second-order valence-electron chi connectivity index (χ2n) is 31.5. The first-order valence-corrected chi connectivity index (χ1v) is 41.1. The molecule has 11 aromatic heterocycles. The highest BCUT2D eigenvalue weighted by atomic mass is 19.1. The van der Waals surface area contributed by atoms with Gasteiger partial charge in [0.25, 0.3) is 23.6 Å². The van der Waals surface area contributed by atoms with Gasteiger partial charge in [-0.3, -0.25) is 19.2 Å². The van der Waals surface area contributed by atoms with Crippen molar-refractivity contribution in [3.05, 3.63) is 272 Å². The third-order valence-electron chi connectivity index (χ3n) is 24.1. The number of amides is 4. The second-order valence-corrected chi connectivity index (χ2v) is 31.5. The van der Waals surface area contributed by atoms with Gasteiger partial charge in [-0.2, -0.15) is 0 Å². The fourth-order valence-corrected chi connectivity index (χ4v) is 18.8. The SMILES string of the molecule is Cc1ccc(-c2ncccn2)c(C(=O)N2C3CCC2C(COc2ccccn2)C3)n1.Cc1ccc(-c2ncccn2)c(C(=O)N2C3CCC2C(COc2ccccn2)C3)n1.Cc1ccc(-c2ncccn2)c(C(=O)N2C3CCC2C(COc2ccccn2)C3)n1.O=C(c1cc(F)ccc1-c1ncccn1)N1C2CCC1C(COc1ccccn1)C2. The van der Waals surface area contributed by atoms with Crippen molar-refractivity contribution in [1.82, 2.24) is 94.4 Å². The van der Waals surface area contributed by atoms with Crippen LogP contribution in [0, 0.1) is 50.3 Å². The first-order valence-electron chi connectivity index (χ1n) is 41.1. The molecule has 12 aromatic rings. The van der Waals surface area contributed by atoms with E-state index in [2.05, 4.69) is 74.8 Å². The van der Waals surface area contributed by atoms with Gasteiger partial charge in [-0.15, -0.1) is 0 Å². The van der Waals surface area contributed by atoms with E-state index in [0.29, 0.717) is 136 Å². The van der Waals surface area contributed by atoms with Crippen LogP contribution in [-0.2, 0) is 0 Å². The maximum absolute atomic E-state index is 14.1. The van der Waals surface area contributed by atoms with E-state index in [-0.39, 0.29) is 77.9 Å². The molecule has 12 unspecified atom stereocenters. The van der Waals surface area contributed by atoms with Crippen LogP contribution in [0.25, 0.3) is 45.6 Å². The lowest BCUT2D eigenvalue weighted by Crippen LogP contribution is -2.38. The summed E-state index contributed by atoms with van der Waals surface area (Å²) in [6.07, 6.45) is 31.9. The molecule has 0 spiro atoms. The van der Waals surface area contributed by atoms with E-state index in [0.717, 1.165) is 94.1 Å². The number of aromatic nitrogens is 15. The van der Waals surface area contributed by atoms with Crippen LogP contribution in [0.15, 0.2) is 226 Å². The van der Waals surface area contributed by atoms with Crippen LogP contribution in [0.2, 0.25) is 0 Å². The molecule has 120 heavy (non-hydrogen) atoms. The number of carbonyl (C=O) groups is 4. The summed E-state index contributed by atoms with van der Waals surface area (Å²) in [5.74, 6) is 4.89. The summed E-state index contributed by atoms with van der Waals surface area (Å²) in [5, 5.41) is 0. The molecule has 0 radical (unpaired) electrons. The van der Waals surface area contributed by atoms with Gasteiger partial charge in [0.15, 0.2) is 23.3 Å². The number of aryl methyl sites for hydroxylation is 3. The van der Waals surface area contributed by atoms with Gasteiger partial charge in [-0.25, -0.2) is 79.2 Å². The summed E-state index contributed by atoms with van der Waals surface area (Å²) >= 11 is 0. The predicted octanol–water partition coefficient (Wildman–Crippen LogP) is 13.7. The number of benzene rings is 1. The minimum Gasteiger partial charge on any atom is -0.477 e. The number of nitrogens with zero attached hydrogens (tertiary/aromatic N) is 19. The third kappa shape index (κ3) is 17.3. The van der Waals surface area contributed by atoms with Crippen LogP contribution in [0.1, 0.15) is 136 Å². The van der Waals surface area contributed by atoms with E-state index in [4.69, 9.17) is 18.9 Å². The number of fused-ring (bicyclic) bond motifs is 8. The summed E-state index contributed by atoms with van der Waals surface area (Å²) in [4.78, 5) is 128. The number of carbonyl (C=O) groups excluding carboxylic acids is 4. The molecule has 8 bridgehead atoms. The van der Waals surface area contributed by atoms with Gasteiger partial charge in [0.2, 0.25) is 23.5 Å². The molecule has 1 aromatic carbocycles. The van der Waals surface area contributed by atoms with Gasteiger partial charge in [0.1, 0.15) is 22.9 Å². The van der Waals surface area contributed by atoms with Gasteiger partial charge >= 0.3 is 0 Å². The summed E-state index contributed by atoms with van der Waals surface area (Å²) in [6, 6.07) is 46.5. The number of halogens is 1. The molecule has 8 aliphatic rings. The number of rotatable bonds is 20. The average molecular weight is 1610 g/mol. The monoisotopic (exact) mass is 1610 g/mol. The third-order valence-corrected chi connectivity index (χ3v) is 24.1. The molecule has 0 N–H and O–H groups in total. The van der Waals surface area contributed by atoms with Crippen molar-refractivity contribution in [3.8, 4) is 69.1 Å². The van der Waals surface area contributed by atoms with E-state index in [1.165, 1.54) is 12.1 Å². The van der Waals surface area contributed by atoms with Crippen molar-refractivity contribution in [3.63, 3.8) is 0 Å². The zero-order chi connectivity index (χ0) is 82.0. The Morgan fingerprint density at radius 3 is 0.842 bits per heavy atom. The van der Waals surface area contributed by atoms with Crippen molar-refractivity contribution in [2.45, 2.75) is 146 Å². The van der Waals surface area contributed by atoms with Crippen LogP contribution >= 0.6 is 0 Å². The zero-order valence-electron chi connectivity index (χ0n) is 66.7. The van der Waals surface area contributed by atoms with Gasteiger partial charge in [-0.05, 0) is 201 Å². The van der Waals surface area contributed by atoms with Crippen molar-refractivity contribution < 1.29 is 42.5 Å². The van der Waals surface area contributed by atoms with E-state index < -0.39 is 5.82 Å². The molecule has 12 atom stereocenters. The summed E-state index contributed by atoms with van der Waals surface area (Å²) in [7, 11) is 0. The van der Waals surface area contributed by atoms with Gasteiger partial charge in [0.05, 0.1) is 48.7 Å². The Morgan fingerprint density at radius 1 is 0.308 bits per heavy atom. The molecule has 8 saturated heterocycles. The highest BCUT2D eigenvalue weighted by Gasteiger charge is 2.53. The Hall–Kier alpha value is -13.4. The Bertz CT molecular complexity index is 4860. The molecule has 27 nitrogen and oxygen atoms in total. The van der Waals surface area contributed by atoms with Crippen LogP contribution in [0.3, 0.4) is 0 Å². The van der Waals surface area contributed by atoms with Crippen LogP contribution in [0.4, 0.5) is 4.39 Å². The minimum absolute atomic E-state index is 0.0333. The Balaban J connectivity index is 0.000000114. The van der Waals surface area contributed by atoms with E-state index in [1.54, 1.807) is 105 Å². The Labute approximate surface area is 693 Å². The number of pyridine rings is 7. The fourth-order valence-electron chi connectivity index (χ4n) is 18.8. The number of ether oxygens (including phenoxy) is 4. The summed E-state index contributed by atoms with van der Waals surface area (Å²) in [6.45, 7) is 7.91. The van der Waals surface area contributed by atoms with E-state index in [9.17, 15) is 23.6 Å². The predicted molar refractivity (Wildman–Crippen MR) is 441 cm³/mol. The first-order chi connectivity index (χ1) is 58.8. The molecular weight excluding hydrogens is 1520 g/mol. The first kappa shape index (κ1) is 79.1. The maximum Gasteiger partial charge on any atom is 0.273 e. The molecule has 4 amide bonds. The van der Waals surface area contributed by atoms with Gasteiger partial charge in [-0.1, -0.05) is 24.3 Å².